The third kappa shape index (κ3) is 6.56. The first-order valence-corrected chi connectivity index (χ1v) is 10.8. The second kappa shape index (κ2) is 11.0. The van der Waals surface area contributed by atoms with E-state index in [0.717, 1.165) is 17.7 Å². The third-order valence-corrected chi connectivity index (χ3v) is 5.19. The van der Waals surface area contributed by atoms with Crippen molar-refractivity contribution in [2.45, 2.75) is 38.6 Å². The van der Waals surface area contributed by atoms with Crippen LogP contribution >= 0.6 is 0 Å². The van der Waals surface area contributed by atoms with Crippen molar-refractivity contribution in [2.24, 2.45) is 0 Å². The van der Waals surface area contributed by atoms with E-state index in [0.29, 0.717) is 0 Å². The van der Waals surface area contributed by atoms with Crippen molar-refractivity contribution in [2.75, 3.05) is 6.54 Å². The number of esters is 1. The summed E-state index contributed by atoms with van der Waals surface area (Å²) in [6.45, 7) is 5.20. The SMILES string of the molecule is C=CCNC(=O)[C@H](C)OC(=O)CCc1nc2cc(C(F)(F)F)ccc2n(Cc2ccccc2)c1=O. The quantitative estimate of drug-likeness (QED) is 0.368. The molecule has 0 aliphatic rings. The lowest BCUT2D eigenvalue weighted by atomic mass is 10.1. The van der Waals surface area contributed by atoms with Crippen LogP contribution in [0.1, 0.15) is 30.2 Å². The molecule has 1 heterocycles. The van der Waals surface area contributed by atoms with Gasteiger partial charge in [-0.05, 0) is 30.7 Å². The highest BCUT2D eigenvalue weighted by Gasteiger charge is 2.31. The van der Waals surface area contributed by atoms with E-state index in [-0.39, 0.29) is 42.7 Å². The van der Waals surface area contributed by atoms with Crippen LogP contribution in [-0.4, -0.2) is 34.1 Å². The van der Waals surface area contributed by atoms with Gasteiger partial charge in [0.1, 0.15) is 5.69 Å². The van der Waals surface area contributed by atoms with Gasteiger partial charge in [-0.25, -0.2) is 4.98 Å². The Morgan fingerprint density at radius 3 is 2.57 bits per heavy atom. The number of ether oxygens (including phenoxy) is 1. The smallest absolute Gasteiger partial charge is 0.416 e. The Labute approximate surface area is 199 Å². The lowest BCUT2D eigenvalue weighted by molar-refractivity contribution is -0.154. The van der Waals surface area contributed by atoms with Gasteiger partial charge in [-0.1, -0.05) is 36.4 Å². The lowest BCUT2D eigenvalue weighted by Gasteiger charge is -2.15. The number of benzene rings is 2. The van der Waals surface area contributed by atoms with E-state index in [1.807, 2.05) is 6.07 Å². The average molecular weight is 487 g/mol. The fourth-order valence-corrected chi connectivity index (χ4v) is 3.41. The van der Waals surface area contributed by atoms with Gasteiger partial charge < -0.3 is 14.6 Å². The highest BCUT2D eigenvalue weighted by atomic mass is 19.4. The molecule has 1 N–H and O–H groups in total. The molecule has 0 bridgehead atoms. The van der Waals surface area contributed by atoms with E-state index in [2.05, 4.69) is 16.9 Å². The topological polar surface area (TPSA) is 90.3 Å². The molecule has 1 aromatic heterocycles. The highest BCUT2D eigenvalue weighted by Crippen LogP contribution is 2.31. The number of nitrogens with zero attached hydrogens (tertiary/aromatic N) is 2. The number of nitrogens with one attached hydrogen (secondary N) is 1. The molecule has 1 atom stereocenters. The second-order valence-electron chi connectivity index (χ2n) is 7.80. The number of fused-ring (bicyclic) bond motifs is 1. The number of rotatable bonds is 9. The van der Waals surface area contributed by atoms with Crippen LogP contribution in [-0.2, 0) is 33.5 Å². The first-order valence-electron chi connectivity index (χ1n) is 10.8. The number of aromatic nitrogens is 2. The summed E-state index contributed by atoms with van der Waals surface area (Å²) >= 11 is 0. The molecule has 0 fully saturated rings. The number of hydrogen-bond acceptors (Lipinski definition) is 5. The van der Waals surface area contributed by atoms with Crippen molar-refractivity contribution in [3.63, 3.8) is 0 Å². The van der Waals surface area contributed by atoms with Crippen molar-refractivity contribution in [1.29, 1.82) is 0 Å². The van der Waals surface area contributed by atoms with Gasteiger partial charge in [0.25, 0.3) is 11.5 Å². The molecule has 0 spiro atoms. The monoisotopic (exact) mass is 487 g/mol. The normalized spacial score (nSPS) is 12.2. The van der Waals surface area contributed by atoms with E-state index in [9.17, 15) is 27.6 Å². The summed E-state index contributed by atoms with van der Waals surface area (Å²) in [5, 5.41) is 2.50. The fraction of sp³-hybridized carbons (Fsp3) is 0.280. The second-order valence-corrected chi connectivity index (χ2v) is 7.80. The van der Waals surface area contributed by atoms with Gasteiger partial charge in [-0.15, -0.1) is 6.58 Å². The number of halogens is 3. The Balaban J connectivity index is 1.90. The van der Waals surface area contributed by atoms with Crippen LogP contribution in [0.15, 0.2) is 66.0 Å². The molecule has 3 rings (SSSR count). The Morgan fingerprint density at radius 2 is 1.91 bits per heavy atom. The third-order valence-electron chi connectivity index (χ3n) is 5.19. The molecule has 2 aromatic carbocycles. The largest absolute Gasteiger partial charge is 0.453 e. The maximum absolute atomic E-state index is 13.3. The molecule has 10 heteroatoms. The van der Waals surface area contributed by atoms with Crippen LogP contribution in [0.4, 0.5) is 13.2 Å². The number of carbonyl (C=O) groups excluding carboxylic acids is 2. The summed E-state index contributed by atoms with van der Waals surface area (Å²) in [4.78, 5) is 41.4. The number of amides is 1. The molecule has 3 aromatic rings. The van der Waals surface area contributed by atoms with Crippen molar-refractivity contribution in [1.82, 2.24) is 14.9 Å². The summed E-state index contributed by atoms with van der Waals surface area (Å²) in [7, 11) is 0. The number of alkyl halides is 3. The molecule has 7 nitrogen and oxygen atoms in total. The number of hydrogen-bond donors (Lipinski definition) is 1. The molecule has 184 valence electrons. The molecule has 0 unspecified atom stereocenters. The maximum Gasteiger partial charge on any atom is 0.416 e. The molecule has 0 radical (unpaired) electrons. The molecule has 35 heavy (non-hydrogen) atoms. The van der Waals surface area contributed by atoms with Gasteiger partial charge in [0, 0.05) is 13.0 Å². The van der Waals surface area contributed by atoms with Crippen molar-refractivity contribution in [3.8, 4) is 0 Å². The fourth-order valence-electron chi connectivity index (χ4n) is 3.41. The molecule has 0 aliphatic carbocycles. The first-order chi connectivity index (χ1) is 16.6. The number of aryl methyl sites for hydroxylation is 1. The Bertz CT molecular complexity index is 1290. The van der Waals surface area contributed by atoms with Crippen LogP contribution < -0.4 is 10.9 Å². The minimum Gasteiger partial charge on any atom is -0.453 e. The Kier molecular flexibility index (Phi) is 8.06. The van der Waals surface area contributed by atoms with Gasteiger partial charge in [0.05, 0.1) is 29.6 Å². The van der Waals surface area contributed by atoms with E-state index < -0.39 is 35.3 Å². The van der Waals surface area contributed by atoms with Gasteiger partial charge in [-0.3, -0.25) is 14.4 Å². The van der Waals surface area contributed by atoms with Crippen LogP contribution in [0.25, 0.3) is 11.0 Å². The van der Waals surface area contributed by atoms with Crippen LogP contribution in [0.2, 0.25) is 0 Å². The molecular weight excluding hydrogens is 463 g/mol. The summed E-state index contributed by atoms with van der Waals surface area (Å²) in [6.07, 6.45) is -4.61. The van der Waals surface area contributed by atoms with Crippen molar-refractivity contribution >= 4 is 22.9 Å². The molecular formula is C25H24F3N3O4. The van der Waals surface area contributed by atoms with Crippen molar-refractivity contribution in [3.05, 3.63) is 88.4 Å². The minimum atomic E-state index is -4.58. The predicted molar refractivity (Wildman–Crippen MR) is 124 cm³/mol. The standard InChI is InChI=1S/C25H24F3N3O4/c1-3-13-29-23(33)16(2)35-22(32)12-10-19-24(34)31(15-17-7-5-4-6-8-17)21-11-9-18(25(26,27)28)14-20(21)30-19/h3-9,11,14,16H,1,10,12-13,15H2,2H3,(H,29,33)/t16-/m0/s1. The van der Waals surface area contributed by atoms with Gasteiger partial charge in [0.2, 0.25) is 0 Å². The van der Waals surface area contributed by atoms with Crippen LogP contribution in [0, 0.1) is 0 Å². The van der Waals surface area contributed by atoms with Gasteiger partial charge in [-0.2, -0.15) is 13.2 Å². The summed E-state index contributed by atoms with van der Waals surface area (Å²) in [5.41, 5.74) is -0.500. The molecule has 1 amide bonds. The number of carbonyl (C=O) groups is 2. The molecule has 0 saturated carbocycles. The summed E-state index contributed by atoms with van der Waals surface area (Å²) in [6, 6.07) is 12.0. The zero-order valence-electron chi connectivity index (χ0n) is 19.0. The highest BCUT2D eigenvalue weighted by molar-refractivity contribution is 5.83. The van der Waals surface area contributed by atoms with Gasteiger partial charge in [0.15, 0.2) is 6.10 Å². The van der Waals surface area contributed by atoms with Crippen LogP contribution in [0.3, 0.4) is 0 Å². The lowest BCUT2D eigenvalue weighted by Crippen LogP contribution is -2.36. The average Bonchev–Trinajstić information content (AvgIpc) is 2.82. The van der Waals surface area contributed by atoms with E-state index in [4.69, 9.17) is 4.74 Å². The Morgan fingerprint density at radius 1 is 1.20 bits per heavy atom. The van der Waals surface area contributed by atoms with Crippen molar-refractivity contribution < 1.29 is 27.5 Å². The Hall–Kier alpha value is -3.95. The molecule has 0 saturated heterocycles. The summed E-state index contributed by atoms with van der Waals surface area (Å²) < 4.78 is 46.2. The molecule has 0 aliphatic heterocycles. The van der Waals surface area contributed by atoms with Crippen LogP contribution in [0.5, 0.6) is 0 Å². The zero-order chi connectivity index (χ0) is 25.6. The predicted octanol–water partition coefficient (Wildman–Crippen LogP) is 3.63. The van der Waals surface area contributed by atoms with E-state index in [1.54, 1.807) is 24.3 Å². The zero-order valence-corrected chi connectivity index (χ0v) is 19.0. The van der Waals surface area contributed by atoms with E-state index in [1.165, 1.54) is 23.6 Å². The van der Waals surface area contributed by atoms with Gasteiger partial charge >= 0.3 is 12.1 Å². The maximum atomic E-state index is 13.3. The minimum absolute atomic E-state index is 0.0177. The van der Waals surface area contributed by atoms with E-state index >= 15 is 0 Å². The summed E-state index contributed by atoms with van der Waals surface area (Å²) in [5.74, 6) is -1.25. The first kappa shape index (κ1) is 25.7.